The molecule has 120 valence electrons. The number of pyridine rings is 1. The van der Waals surface area contributed by atoms with Crippen LogP contribution in [0.3, 0.4) is 0 Å². The number of rotatable bonds is 4. The molecule has 1 aliphatic heterocycles. The van der Waals surface area contributed by atoms with Gasteiger partial charge in [-0.05, 0) is 30.6 Å². The average Bonchev–Trinajstić information content (AvgIpc) is 3.01. The van der Waals surface area contributed by atoms with Crippen molar-refractivity contribution in [2.45, 2.75) is 12.2 Å². The number of hydrogen-bond acceptors (Lipinski definition) is 5. The van der Waals surface area contributed by atoms with Crippen molar-refractivity contribution >= 4 is 7.12 Å². The van der Waals surface area contributed by atoms with Crippen molar-refractivity contribution in [3.63, 3.8) is 0 Å². The SMILES string of the molecule is COc1ccc(-c2cccc(C3COB(O)C3)n2)c(F)c1OC. The molecule has 0 aliphatic carbocycles. The van der Waals surface area contributed by atoms with Crippen molar-refractivity contribution < 1.29 is 23.5 Å². The third-order valence-corrected chi connectivity index (χ3v) is 3.93. The highest BCUT2D eigenvalue weighted by Gasteiger charge is 2.30. The summed E-state index contributed by atoms with van der Waals surface area (Å²) in [5, 5.41) is 9.48. The van der Waals surface area contributed by atoms with Crippen LogP contribution >= 0.6 is 0 Å². The lowest BCUT2D eigenvalue weighted by Crippen LogP contribution is -2.08. The Kier molecular flexibility index (Phi) is 4.50. The fourth-order valence-corrected chi connectivity index (χ4v) is 2.73. The third-order valence-electron chi connectivity index (χ3n) is 3.93. The molecule has 3 rings (SSSR count). The summed E-state index contributed by atoms with van der Waals surface area (Å²) in [7, 11) is 2.09. The molecule has 0 spiro atoms. The molecule has 7 heteroatoms. The Labute approximate surface area is 134 Å². The van der Waals surface area contributed by atoms with Gasteiger partial charge < -0.3 is 19.2 Å². The van der Waals surface area contributed by atoms with E-state index in [4.69, 9.17) is 14.1 Å². The molecular formula is C16H17BFNO4. The van der Waals surface area contributed by atoms with Crippen molar-refractivity contribution in [3.8, 4) is 22.8 Å². The highest BCUT2D eigenvalue weighted by atomic mass is 19.1. The van der Waals surface area contributed by atoms with Crippen LogP contribution < -0.4 is 9.47 Å². The van der Waals surface area contributed by atoms with E-state index in [-0.39, 0.29) is 11.7 Å². The fraction of sp³-hybridized carbons (Fsp3) is 0.312. The van der Waals surface area contributed by atoms with Gasteiger partial charge in [0.05, 0.1) is 19.9 Å². The predicted octanol–water partition coefficient (Wildman–Crippen LogP) is 2.50. The summed E-state index contributed by atoms with van der Waals surface area (Å²) in [6.07, 6.45) is 0.491. The molecule has 1 unspecified atom stereocenters. The van der Waals surface area contributed by atoms with Crippen LogP contribution in [0.5, 0.6) is 11.5 Å². The first-order valence-electron chi connectivity index (χ1n) is 7.31. The number of benzene rings is 1. The van der Waals surface area contributed by atoms with Crippen molar-refractivity contribution in [1.29, 1.82) is 0 Å². The summed E-state index contributed by atoms with van der Waals surface area (Å²) in [4.78, 5) is 4.52. The summed E-state index contributed by atoms with van der Waals surface area (Å²) >= 11 is 0. The van der Waals surface area contributed by atoms with Crippen LogP contribution in [0.4, 0.5) is 4.39 Å². The molecule has 0 amide bonds. The van der Waals surface area contributed by atoms with Crippen LogP contribution in [0.2, 0.25) is 6.32 Å². The normalized spacial score (nSPS) is 17.4. The summed E-state index contributed by atoms with van der Waals surface area (Å²) in [5.41, 5.74) is 1.61. The first kappa shape index (κ1) is 15.8. The van der Waals surface area contributed by atoms with Crippen molar-refractivity contribution in [2.75, 3.05) is 20.8 Å². The number of hydrogen-bond donors (Lipinski definition) is 1. The van der Waals surface area contributed by atoms with Crippen molar-refractivity contribution in [1.82, 2.24) is 4.98 Å². The van der Waals surface area contributed by atoms with Crippen LogP contribution in [0.1, 0.15) is 11.6 Å². The molecule has 1 aromatic heterocycles. The minimum Gasteiger partial charge on any atom is -0.493 e. The van der Waals surface area contributed by atoms with Crippen LogP contribution in [-0.2, 0) is 4.65 Å². The second-order valence-corrected chi connectivity index (χ2v) is 5.33. The van der Waals surface area contributed by atoms with Crippen molar-refractivity contribution in [3.05, 3.63) is 41.8 Å². The number of ether oxygens (including phenoxy) is 2. The Morgan fingerprint density at radius 2 is 2.09 bits per heavy atom. The Morgan fingerprint density at radius 1 is 1.26 bits per heavy atom. The zero-order chi connectivity index (χ0) is 16.4. The van der Waals surface area contributed by atoms with Gasteiger partial charge in [-0.3, -0.25) is 4.98 Å². The molecule has 1 aromatic carbocycles. The van der Waals surface area contributed by atoms with Gasteiger partial charge in [-0.2, -0.15) is 0 Å². The van der Waals surface area contributed by atoms with Gasteiger partial charge >= 0.3 is 7.12 Å². The topological polar surface area (TPSA) is 60.8 Å². The van der Waals surface area contributed by atoms with E-state index in [9.17, 15) is 9.41 Å². The molecule has 23 heavy (non-hydrogen) atoms. The number of aromatic nitrogens is 1. The Morgan fingerprint density at radius 3 is 2.74 bits per heavy atom. The first-order chi connectivity index (χ1) is 11.1. The average molecular weight is 317 g/mol. The molecule has 1 fully saturated rings. The lowest BCUT2D eigenvalue weighted by Gasteiger charge is -2.13. The highest BCUT2D eigenvalue weighted by molar-refractivity contribution is 6.43. The van der Waals surface area contributed by atoms with Crippen LogP contribution in [0.15, 0.2) is 30.3 Å². The molecule has 0 saturated carbocycles. The van der Waals surface area contributed by atoms with Crippen molar-refractivity contribution in [2.24, 2.45) is 0 Å². The Balaban J connectivity index is 1.99. The molecule has 1 N–H and O–H groups in total. The molecule has 2 aromatic rings. The molecular weight excluding hydrogens is 300 g/mol. The van der Waals surface area contributed by atoms with Gasteiger partial charge in [0.15, 0.2) is 17.3 Å². The van der Waals surface area contributed by atoms with Gasteiger partial charge in [0, 0.05) is 23.8 Å². The largest absolute Gasteiger partial charge is 0.493 e. The van der Waals surface area contributed by atoms with Gasteiger partial charge in [-0.1, -0.05) is 6.07 Å². The van der Waals surface area contributed by atoms with Gasteiger partial charge in [0.25, 0.3) is 0 Å². The van der Waals surface area contributed by atoms with E-state index in [0.717, 1.165) is 5.69 Å². The van der Waals surface area contributed by atoms with E-state index >= 15 is 0 Å². The summed E-state index contributed by atoms with van der Waals surface area (Å²) in [6.45, 7) is 0.409. The Hall–Kier alpha value is -2.12. The summed E-state index contributed by atoms with van der Waals surface area (Å²) in [6, 6.07) is 8.67. The molecule has 0 radical (unpaired) electrons. The standard InChI is InChI=1S/C16H17BFNO4/c1-21-14-7-6-11(15(18)16(14)22-2)13-5-3-4-12(19-13)10-8-17(20)23-9-10/h3-7,10,20H,8-9H2,1-2H3. The molecule has 5 nitrogen and oxygen atoms in total. The maximum absolute atomic E-state index is 14.7. The minimum absolute atomic E-state index is 0.00755. The quantitative estimate of drug-likeness (QED) is 0.878. The maximum Gasteiger partial charge on any atom is 0.454 e. The summed E-state index contributed by atoms with van der Waals surface area (Å²) < 4.78 is 30.0. The zero-order valence-corrected chi connectivity index (χ0v) is 13.0. The predicted molar refractivity (Wildman–Crippen MR) is 84.2 cm³/mol. The van der Waals surface area contributed by atoms with E-state index in [2.05, 4.69) is 4.98 Å². The second-order valence-electron chi connectivity index (χ2n) is 5.33. The first-order valence-corrected chi connectivity index (χ1v) is 7.31. The molecule has 0 bridgehead atoms. The van der Waals surface area contributed by atoms with E-state index in [1.807, 2.05) is 12.1 Å². The smallest absolute Gasteiger partial charge is 0.454 e. The van der Waals surface area contributed by atoms with Crippen LogP contribution in [-0.4, -0.2) is 38.0 Å². The third kappa shape index (κ3) is 3.02. The molecule has 1 atom stereocenters. The molecule has 1 aliphatic rings. The maximum atomic E-state index is 14.7. The molecule has 1 saturated heterocycles. The van der Waals surface area contributed by atoms with E-state index < -0.39 is 12.9 Å². The lowest BCUT2D eigenvalue weighted by atomic mass is 9.81. The minimum atomic E-state index is -0.761. The summed E-state index contributed by atoms with van der Waals surface area (Å²) in [5.74, 6) is -0.124. The van der Waals surface area contributed by atoms with Crippen LogP contribution in [0.25, 0.3) is 11.3 Å². The van der Waals surface area contributed by atoms with E-state index in [0.29, 0.717) is 29.9 Å². The fourth-order valence-electron chi connectivity index (χ4n) is 2.73. The number of halogens is 1. The van der Waals surface area contributed by atoms with Gasteiger partial charge in [0.2, 0.25) is 0 Å². The molecule has 2 heterocycles. The zero-order valence-electron chi connectivity index (χ0n) is 13.0. The van der Waals surface area contributed by atoms with Gasteiger partial charge in [-0.25, -0.2) is 4.39 Å². The van der Waals surface area contributed by atoms with E-state index in [1.165, 1.54) is 14.2 Å². The van der Waals surface area contributed by atoms with Gasteiger partial charge in [-0.15, -0.1) is 0 Å². The van der Waals surface area contributed by atoms with Gasteiger partial charge in [0.1, 0.15) is 0 Å². The monoisotopic (exact) mass is 317 g/mol. The van der Waals surface area contributed by atoms with Crippen LogP contribution in [0, 0.1) is 5.82 Å². The number of methoxy groups -OCH3 is 2. The Bertz CT molecular complexity index is 712. The lowest BCUT2D eigenvalue weighted by molar-refractivity contribution is 0.291. The second kappa shape index (κ2) is 6.56. The highest BCUT2D eigenvalue weighted by Crippen LogP contribution is 2.36. The number of nitrogens with zero attached hydrogens (tertiary/aromatic N) is 1. The van der Waals surface area contributed by atoms with E-state index in [1.54, 1.807) is 18.2 Å².